The van der Waals surface area contributed by atoms with Crippen LogP contribution in [0.3, 0.4) is 0 Å². The van der Waals surface area contributed by atoms with Crippen molar-refractivity contribution in [2.24, 2.45) is 4.99 Å². The Morgan fingerprint density at radius 1 is 1.27 bits per heavy atom. The maximum absolute atomic E-state index is 4.39. The number of rotatable bonds is 6. The lowest BCUT2D eigenvalue weighted by atomic mass is 10.00. The fraction of sp³-hybridized carbons (Fsp3) is 0.650. The fourth-order valence-corrected chi connectivity index (χ4v) is 4.72. The molecule has 2 aliphatic rings. The molecule has 4 nitrogen and oxygen atoms in total. The topological polar surface area (TPSA) is 39.7 Å². The third-order valence-corrected chi connectivity index (χ3v) is 6.53. The van der Waals surface area contributed by atoms with Crippen molar-refractivity contribution in [3.05, 3.63) is 35.4 Å². The van der Waals surface area contributed by atoms with E-state index in [-0.39, 0.29) is 24.0 Å². The summed E-state index contributed by atoms with van der Waals surface area (Å²) in [5.41, 5.74) is 3.03. The molecule has 26 heavy (non-hydrogen) atoms. The summed E-state index contributed by atoms with van der Waals surface area (Å²) in [6.07, 6.45) is 8.41. The molecule has 1 saturated carbocycles. The molecular formula is C20H33IN4S. The molecule has 0 saturated heterocycles. The maximum atomic E-state index is 4.39. The average Bonchev–Trinajstić information content (AvgIpc) is 3.11. The molecule has 146 valence electrons. The van der Waals surface area contributed by atoms with E-state index in [1.807, 2.05) is 18.8 Å². The number of benzene rings is 1. The number of hydrogen-bond acceptors (Lipinski definition) is 3. The molecule has 6 heteroatoms. The van der Waals surface area contributed by atoms with Gasteiger partial charge in [0.1, 0.15) is 0 Å². The van der Waals surface area contributed by atoms with Crippen LogP contribution in [0.25, 0.3) is 0 Å². The monoisotopic (exact) mass is 488 g/mol. The standard InChI is InChI=1S/C20H32N4S.HI/c1-21-20(23-18-8-9-19(14-18)25-2)22-11-5-12-24-13-10-16-6-3-4-7-17(16)15-24;/h3-4,6-7,18-19H,5,8-15H2,1-2H3,(H2,21,22,23);1H. The number of halogens is 1. The lowest BCUT2D eigenvalue weighted by Crippen LogP contribution is -2.43. The number of nitrogens with one attached hydrogen (secondary N) is 2. The summed E-state index contributed by atoms with van der Waals surface area (Å²) < 4.78 is 0. The zero-order chi connectivity index (χ0) is 17.5. The second kappa shape index (κ2) is 11.4. The van der Waals surface area contributed by atoms with Crippen LogP contribution in [-0.4, -0.2) is 55.1 Å². The van der Waals surface area contributed by atoms with Crippen molar-refractivity contribution >= 4 is 41.7 Å². The third kappa shape index (κ3) is 6.30. The van der Waals surface area contributed by atoms with Gasteiger partial charge in [0.15, 0.2) is 5.96 Å². The van der Waals surface area contributed by atoms with E-state index in [2.05, 4.69) is 51.0 Å². The summed E-state index contributed by atoms with van der Waals surface area (Å²) in [4.78, 5) is 6.96. The molecular weight excluding hydrogens is 455 g/mol. The molecule has 1 aliphatic carbocycles. The van der Waals surface area contributed by atoms with Crippen LogP contribution < -0.4 is 10.6 Å². The van der Waals surface area contributed by atoms with Gasteiger partial charge in [0.05, 0.1) is 0 Å². The Morgan fingerprint density at radius 3 is 2.81 bits per heavy atom. The van der Waals surface area contributed by atoms with Crippen molar-refractivity contribution in [2.45, 2.75) is 49.9 Å². The smallest absolute Gasteiger partial charge is 0.191 e. The van der Waals surface area contributed by atoms with Crippen molar-refractivity contribution < 1.29 is 0 Å². The molecule has 1 aromatic rings. The molecule has 0 spiro atoms. The molecule has 1 fully saturated rings. The molecule has 3 rings (SSSR count). The van der Waals surface area contributed by atoms with Crippen LogP contribution in [-0.2, 0) is 13.0 Å². The number of thioether (sulfide) groups is 1. The van der Waals surface area contributed by atoms with Gasteiger partial charge in [-0.1, -0.05) is 24.3 Å². The van der Waals surface area contributed by atoms with Crippen LogP contribution in [0.4, 0.5) is 0 Å². The van der Waals surface area contributed by atoms with Gasteiger partial charge in [-0.05, 0) is 49.5 Å². The highest BCUT2D eigenvalue weighted by Crippen LogP contribution is 2.28. The highest BCUT2D eigenvalue weighted by Gasteiger charge is 2.24. The number of nitrogens with zero attached hydrogens (tertiary/aromatic N) is 2. The van der Waals surface area contributed by atoms with Crippen molar-refractivity contribution in [1.29, 1.82) is 0 Å². The quantitative estimate of drug-likeness (QED) is 0.278. The first kappa shape index (κ1) is 21.8. The summed E-state index contributed by atoms with van der Waals surface area (Å²) in [5.74, 6) is 0.968. The van der Waals surface area contributed by atoms with Gasteiger partial charge < -0.3 is 10.6 Å². The molecule has 1 aliphatic heterocycles. The van der Waals surface area contributed by atoms with Crippen LogP contribution >= 0.6 is 35.7 Å². The Kier molecular flexibility index (Phi) is 9.56. The summed E-state index contributed by atoms with van der Waals surface area (Å²) in [7, 11) is 1.87. The molecule has 1 aromatic carbocycles. The molecule has 0 radical (unpaired) electrons. The SMILES string of the molecule is CN=C(NCCCN1CCc2ccccc2C1)NC1CCC(SC)C1.I. The van der Waals surface area contributed by atoms with E-state index < -0.39 is 0 Å². The molecule has 0 bridgehead atoms. The fourth-order valence-electron chi connectivity index (χ4n) is 3.93. The average molecular weight is 488 g/mol. The molecule has 2 atom stereocenters. The third-order valence-electron chi connectivity index (χ3n) is 5.44. The number of aliphatic imine (C=N–C) groups is 1. The summed E-state index contributed by atoms with van der Waals surface area (Å²) in [6.45, 7) is 4.41. The lowest BCUT2D eigenvalue weighted by molar-refractivity contribution is 0.251. The van der Waals surface area contributed by atoms with Gasteiger partial charge in [-0.15, -0.1) is 24.0 Å². The van der Waals surface area contributed by atoms with Crippen LogP contribution in [0.1, 0.15) is 36.8 Å². The Bertz CT molecular complexity index is 581. The first-order valence-electron chi connectivity index (χ1n) is 9.57. The van der Waals surface area contributed by atoms with Crippen molar-refractivity contribution in [1.82, 2.24) is 15.5 Å². The van der Waals surface area contributed by atoms with Crippen molar-refractivity contribution in [2.75, 3.05) is 32.9 Å². The molecule has 0 amide bonds. The minimum absolute atomic E-state index is 0. The molecule has 2 N–H and O–H groups in total. The van der Waals surface area contributed by atoms with Crippen LogP contribution in [0.2, 0.25) is 0 Å². The summed E-state index contributed by atoms with van der Waals surface area (Å²) in [5, 5.41) is 7.90. The minimum atomic E-state index is 0. The molecule has 0 aromatic heterocycles. The minimum Gasteiger partial charge on any atom is -0.356 e. The van der Waals surface area contributed by atoms with E-state index in [4.69, 9.17) is 0 Å². The van der Waals surface area contributed by atoms with Crippen LogP contribution in [0.5, 0.6) is 0 Å². The van der Waals surface area contributed by atoms with Gasteiger partial charge in [0.25, 0.3) is 0 Å². The largest absolute Gasteiger partial charge is 0.356 e. The predicted molar refractivity (Wildman–Crippen MR) is 125 cm³/mol. The maximum Gasteiger partial charge on any atom is 0.191 e. The van der Waals surface area contributed by atoms with Crippen LogP contribution in [0.15, 0.2) is 29.3 Å². The van der Waals surface area contributed by atoms with E-state index in [9.17, 15) is 0 Å². The zero-order valence-corrected chi connectivity index (χ0v) is 19.2. The highest BCUT2D eigenvalue weighted by molar-refractivity contribution is 14.0. The predicted octanol–water partition coefficient (Wildman–Crippen LogP) is 3.50. The van der Waals surface area contributed by atoms with E-state index >= 15 is 0 Å². The Labute approximate surface area is 180 Å². The van der Waals surface area contributed by atoms with Gasteiger partial charge in [-0.25, -0.2) is 0 Å². The number of fused-ring (bicyclic) bond motifs is 1. The second-order valence-electron chi connectivity index (χ2n) is 7.16. The summed E-state index contributed by atoms with van der Waals surface area (Å²) >= 11 is 2.00. The van der Waals surface area contributed by atoms with Gasteiger partial charge in [0.2, 0.25) is 0 Å². The van der Waals surface area contributed by atoms with E-state index in [1.165, 1.54) is 43.4 Å². The van der Waals surface area contributed by atoms with Gasteiger partial charge in [-0.3, -0.25) is 9.89 Å². The molecule has 2 unspecified atom stereocenters. The highest BCUT2D eigenvalue weighted by atomic mass is 127. The Hall–Kier alpha value is -0.470. The second-order valence-corrected chi connectivity index (χ2v) is 8.30. The van der Waals surface area contributed by atoms with E-state index in [1.54, 1.807) is 0 Å². The number of guanidine groups is 1. The van der Waals surface area contributed by atoms with E-state index in [0.717, 1.165) is 37.3 Å². The van der Waals surface area contributed by atoms with Gasteiger partial charge in [-0.2, -0.15) is 11.8 Å². The molecule has 1 heterocycles. The van der Waals surface area contributed by atoms with Gasteiger partial charge >= 0.3 is 0 Å². The Morgan fingerprint density at radius 2 is 2.08 bits per heavy atom. The zero-order valence-electron chi connectivity index (χ0n) is 16.0. The van der Waals surface area contributed by atoms with Crippen LogP contribution in [0, 0.1) is 0 Å². The van der Waals surface area contributed by atoms with Gasteiger partial charge in [0, 0.05) is 44.5 Å². The normalized spacial score (nSPS) is 23.2. The number of hydrogen-bond donors (Lipinski definition) is 2. The first-order chi connectivity index (χ1) is 12.3. The van der Waals surface area contributed by atoms with E-state index in [0.29, 0.717) is 6.04 Å². The first-order valence-corrected chi connectivity index (χ1v) is 10.9. The summed E-state index contributed by atoms with van der Waals surface area (Å²) in [6, 6.07) is 9.44. The van der Waals surface area contributed by atoms with Crippen molar-refractivity contribution in [3.8, 4) is 0 Å². The van der Waals surface area contributed by atoms with Crippen molar-refractivity contribution in [3.63, 3.8) is 0 Å². The Balaban J connectivity index is 0.00000243. The lowest BCUT2D eigenvalue weighted by Gasteiger charge is -2.28.